The summed E-state index contributed by atoms with van der Waals surface area (Å²) in [4.78, 5) is 16.9. The van der Waals surface area contributed by atoms with Gasteiger partial charge >= 0.3 is 0 Å². The van der Waals surface area contributed by atoms with Gasteiger partial charge in [-0.2, -0.15) is 0 Å². The van der Waals surface area contributed by atoms with Gasteiger partial charge in [-0.25, -0.2) is 0 Å². The number of likely N-dealkylation sites (tertiary alicyclic amines) is 1. The van der Waals surface area contributed by atoms with E-state index in [0.717, 1.165) is 45.4 Å². The van der Waals surface area contributed by atoms with Crippen molar-refractivity contribution in [3.8, 4) is 0 Å². The maximum absolute atomic E-state index is 12.2. The lowest BCUT2D eigenvalue weighted by Gasteiger charge is -2.33. The Bertz CT molecular complexity index is 538. The molecule has 2 heterocycles. The summed E-state index contributed by atoms with van der Waals surface area (Å²) in [5.74, 6) is 1.11. The summed E-state index contributed by atoms with van der Waals surface area (Å²) in [6.07, 6.45) is 5.65. The van der Waals surface area contributed by atoms with Crippen molar-refractivity contribution in [2.45, 2.75) is 44.7 Å². The molecule has 0 N–H and O–H groups in total. The first kappa shape index (κ1) is 13.3. The molecular weight excluding hydrogens is 260 g/mol. The lowest BCUT2D eigenvalue weighted by Crippen LogP contribution is -2.41. The summed E-state index contributed by atoms with van der Waals surface area (Å²) in [5, 5.41) is 0. The van der Waals surface area contributed by atoms with Crippen molar-refractivity contribution >= 4 is 5.91 Å². The third-order valence-electron chi connectivity index (χ3n) is 5.35. The molecule has 1 saturated heterocycles. The van der Waals surface area contributed by atoms with Gasteiger partial charge in [0.1, 0.15) is 0 Å². The molecule has 0 radical (unpaired) electrons. The molecule has 4 rings (SSSR count). The second-order valence-electron chi connectivity index (χ2n) is 6.92. The highest BCUT2D eigenvalue weighted by Crippen LogP contribution is 2.33. The molecule has 2 aliphatic heterocycles. The van der Waals surface area contributed by atoms with Crippen molar-refractivity contribution in [1.82, 2.24) is 9.80 Å². The number of carbonyl (C=O) groups is 1. The molecule has 1 aromatic carbocycles. The van der Waals surface area contributed by atoms with Gasteiger partial charge in [-0.3, -0.25) is 9.69 Å². The van der Waals surface area contributed by atoms with Crippen LogP contribution in [-0.4, -0.2) is 41.4 Å². The van der Waals surface area contributed by atoms with Gasteiger partial charge in [0, 0.05) is 38.6 Å². The van der Waals surface area contributed by atoms with Crippen LogP contribution in [0.1, 0.15) is 36.8 Å². The highest BCUT2D eigenvalue weighted by atomic mass is 16.2. The van der Waals surface area contributed by atoms with Crippen LogP contribution in [0, 0.1) is 5.92 Å². The first-order valence-corrected chi connectivity index (χ1v) is 8.38. The lowest BCUT2D eigenvalue weighted by atomic mass is 9.98. The van der Waals surface area contributed by atoms with E-state index in [2.05, 4.69) is 34.1 Å². The minimum Gasteiger partial charge on any atom is -0.341 e. The van der Waals surface area contributed by atoms with Crippen LogP contribution >= 0.6 is 0 Å². The van der Waals surface area contributed by atoms with Crippen molar-refractivity contribution in [3.63, 3.8) is 0 Å². The van der Waals surface area contributed by atoms with E-state index >= 15 is 0 Å². The molecule has 0 bridgehead atoms. The number of hydrogen-bond donors (Lipinski definition) is 0. The molecule has 3 nitrogen and oxygen atoms in total. The van der Waals surface area contributed by atoms with Gasteiger partial charge in [0.25, 0.3) is 0 Å². The fraction of sp³-hybridized carbons (Fsp3) is 0.611. The Labute approximate surface area is 126 Å². The molecule has 1 unspecified atom stereocenters. The second-order valence-corrected chi connectivity index (χ2v) is 6.92. The summed E-state index contributed by atoms with van der Waals surface area (Å²) in [6, 6.07) is 9.37. The zero-order chi connectivity index (χ0) is 14.2. The SMILES string of the molecule is O=C(CC1CC1)N1CCC(N2CCc3ccccc3C2)C1. The van der Waals surface area contributed by atoms with Crippen LogP contribution in [0.15, 0.2) is 24.3 Å². The van der Waals surface area contributed by atoms with E-state index in [1.807, 2.05) is 0 Å². The average molecular weight is 284 g/mol. The smallest absolute Gasteiger partial charge is 0.222 e. The lowest BCUT2D eigenvalue weighted by molar-refractivity contribution is -0.130. The Kier molecular flexibility index (Phi) is 3.46. The molecule has 1 amide bonds. The molecule has 21 heavy (non-hydrogen) atoms. The van der Waals surface area contributed by atoms with Crippen LogP contribution in [0.2, 0.25) is 0 Å². The largest absolute Gasteiger partial charge is 0.341 e. The first-order chi connectivity index (χ1) is 10.3. The molecule has 112 valence electrons. The molecule has 3 heteroatoms. The third kappa shape index (κ3) is 2.84. The number of amides is 1. The predicted molar refractivity (Wildman–Crippen MR) is 82.9 cm³/mol. The Morgan fingerprint density at radius 2 is 1.90 bits per heavy atom. The van der Waals surface area contributed by atoms with E-state index in [9.17, 15) is 4.79 Å². The molecular formula is C18H24N2O. The predicted octanol–water partition coefficient (Wildman–Crippen LogP) is 2.45. The number of benzene rings is 1. The minimum absolute atomic E-state index is 0.400. The Morgan fingerprint density at radius 1 is 1.10 bits per heavy atom. The average Bonchev–Trinajstić information content (AvgIpc) is 3.18. The van der Waals surface area contributed by atoms with E-state index < -0.39 is 0 Å². The number of fused-ring (bicyclic) bond motifs is 1. The number of rotatable bonds is 3. The zero-order valence-electron chi connectivity index (χ0n) is 12.6. The number of nitrogens with zero attached hydrogens (tertiary/aromatic N) is 2. The van der Waals surface area contributed by atoms with Gasteiger partial charge in [-0.1, -0.05) is 24.3 Å². The summed E-state index contributed by atoms with van der Waals surface area (Å²) in [5.41, 5.74) is 2.99. The van der Waals surface area contributed by atoms with Crippen LogP contribution in [0.4, 0.5) is 0 Å². The fourth-order valence-electron chi connectivity index (χ4n) is 3.79. The standard InChI is InChI=1S/C18H24N2O/c21-18(11-14-5-6-14)20-10-8-17(13-20)19-9-7-15-3-1-2-4-16(15)12-19/h1-4,14,17H,5-13H2. The molecule has 2 fully saturated rings. The van der Waals surface area contributed by atoms with E-state index in [4.69, 9.17) is 0 Å². The summed E-state index contributed by atoms with van der Waals surface area (Å²) >= 11 is 0. The van der Waals surface area contributed by atoms with Crippen molar-refractivity contribution < 1.29 is 4.79 Å². The van der Waals surface area contributed by atoms with Gasteiger partial charge in [-0.15, -0.1) is 0 Å². The van der Waals surface area contributed by atoms with E-state index in [0.29, 0.717) is 17.9 Å². The van der Waals surface area contributed by atoms with Crippen LogP contribution < -0.4 is 0 Å². The van der Waals surface area contributed by atoms with E-state index in [1.54, 1.807) is 0 Å². The Balaban J connectivity index is 1.36. The summed E-state index contributed by atoms with van der Waals surface area (Å²) < 4.78 is 0. The zero-order valence-corrected chi connectivity index (χ0v) is 12.6. The topological polar surface area (TPSA) is 23.6 Å². The number of carbonyl (C=O) groups excluding carboxylic acids is 1. The normalized spacial score (nSPS) is 25.9. The van der Waals surface area contributed by atoms with Crippen molar-refractivity contribution in [2.75, 3.05) is 19.6 Å². The van der Waals surface area contributed by atoms with Gasteiger partial charge in [0.05, 0.1) is 0 Å². The van der Waals surface area contributed by atoms with Crippen LogP contribution in [0.25, 0.3) is 0 Å². The maximum Gasteiger partial charge on any atom is 0.222 e. The molecule has 0 spiro atoms. The molecule has 3 aliphatic rings. The molecule has 1 saturated carbocycles. The molecule has 1 aliphatic carbocycles. The van der Waals surface area contributed by atoms with Crippen LogP contribution in [0.3, 0.4) is 0 Å². The second kappa shape index (κ2) is 5.45. The highest BCUT2D eigenvalue weighted by Gasteiger charge is 2.34. The third-order valence-corrected chi connectivity index (χ3v) is 5.35. The molecule has 1 aromatic rings. The fourth-order valence-corrected chi connectivity index (χ4v) is 3.79. The van der Waals surface area contributed by atoms with Gasteiger partial charge in [0.15, 0.2) is 0 Å². The van der Waals surface area contributed by atoms with E-state index in [1.165, 1.54) is 24.0 Å². The summed E-state index contributed by atoms with van der Waals surface area (Å²) in [7, 11) is 0. The van der Waals surface area contributed by atoms with Gasteiger partial charge < -0.3 is 4.90 Å². The Hall–Kier alpha value is -1.35. The van der Waals surface area contributed by atoms with Crippen LogP contribution in [0.5, 0.6) is 0 Å². The number of hydrogen-bond acceptors (Lipinski definition) is 2. The van der Waals surface area contributed by atoms with Crippen molar-refractivity contribution in [2.24, 2.45) is 5.92 Å². The molecule has 0 aromatic heterocycles. The van der Waals surface area contributed by atoms with E-state index in [-0.39, 0.29) is 0 Å². The maximum atomic E-state index is 12.2. The van der Waals surface area contributed by atoms with Crippen molar-refractivity contribution in [3.05, 3.63) is 35.4 Å². The highest BCUT2D eigenvalue weighted by molar-refractivity contribution is 5.77. The quantitative estimate of drug-likeness (QED) is 0.851. The van der Waals surface area contributed by atoms with Gasteiger partial charge in [0.2, 0.25) is 5.91 Å². The van der Waals surface area contributed by atoms with Gasteiger partial charge in [-0.05, 0) is 42.7 Å². The van der Waals surface area contributed by atoms with Crippen molar-refractivity contribution in [1.29, 1.82) is 0 Å². The summed E-state index contributed by atoms with van der Waals surface area (Å²) in [6.45, 7) is 4.12. The van der Waals surface area contributed by atoms with Crippen LogP contribution in [-0.2, 0) is 17.8 Å². The monoisotopic (exact) mass is 284 g/mol. The Morgan fingerprint density at radius 3 is 2.71 bits per heavy atom. The molecule has 1 atom stereocenters. The first-order valence-electron chi connectivity index (χ1n) is 8.38. The minimum atomic E-state index is 0.400.